The van der Waals surface area contributed by atoms with E-state index in [1.54, 1.807) is 0 Å². The number of aromatic nitrogens is 1. The molecule has 18 heavy (non-hydrogen) atoms. The van der Waals surface area contributed by atoms with E-state index in [9.17, 15) is 0 Å². The smallest absolute Gasteiger partial charge is 0.0661 e. The van der Waals surface area contributed by atoms with Gasteiger partial charge in [-0.1, -0.05) is 25.1 Å². The van der Waals surface area contributed by atoms with Crippen LogP contribution in [-0.2, 0) is 4.74 Å². The highest BCUT2D eigenvalue weighted by Crippen LogP contribution is 2.23. The summed E-state index contributed by atoms with van der Waals surface area (Å²) in [5, 5.41) is 5.90. The van der Waals surface area contributed by atoms with Crippen LogP contribution in [0.3, 0.4) is 0 Å². The van der Waals surface area contributed by atoms with Gasteiger partial charge in [0.05, 0.1) is 12.6 Å². The van der Waals surface area contributed by atoms with Crippen LogP contribution in [0.15, 0.2) is 36.7 Å². The van der Waals surface area contributed by atoms with Crippen molar-refractivity contribution in [2.45, 2.75) is 19.9 Å². The largest absolute Gasteiger partial charge is 0.380 e. The van der Waals surface area contributed by atoms with Crippen molar-refractivity contribution in [2.24, 2.45) is 0 Å². The van der Waals surface area contributed by atoms with Gasteiger partial charge >= 0.3 is 0 Å². The maximum atomic E-state index is 5.57. The number of fused-ring (bicyclic) bond motifs is 1. The van der Waals surface area contributed by atoms with Gasteiger partial charge in [0.2, 0.25) is 0 Å². The topological polar surface area (TPSA) is 34.1 Å². The molecule has 2 rings (SSSR count). The number of pyridine rings is 1. The lowest BCUT2D eigenvalue weighted by Crippen LogP contribution is -2.25. The zero-order valence-electron chi connectivity index (χ0n) is 11.0. The van der Waals surface area contributed by atoms with E-state index in [-0.39, 0.29) is 6.04 Å². The van der Waals surface area contributed by atoms with Crippen LogP contribution in [0, 0.1) is 0 Å². The van der Waals surface area contributed by atoms with Crippen LogP contribution in [0.1, 0.15) is 25.5 Å². The van der Waals surface area contributed by atoms with Crippen LogP contribution in [-0.4, -0.2) is 24.7 Å². The minimum Gasteiger partial charge on any atom is -0.380 e. The SMILES string of the molecule is CCNC(COCC)c1cccc2ccncc12. The summed E-state index contributed by atoms with van der Waals surface area (Å²) in [5.41, 5.74) is 1.26. The second kappa shape index (κ2) is 6.47. The lowest BCUT2D eigenvalue weighted by Gasteiger charge is -2.19. The summed E-state index contributed by atoms with van der Waals surface area (Å²) < 4.78 is 5.57. The normalized spacial score (nSPS) is 12.8. The molecule has 1 aromatic carbocycles. The third-order valence-electron chi connectivity index (χ3n) is 3.03. The Morgan fingerprint density at radius 2 is 2.17 bits per heavy atom. The number of nitrogens with one attached hydrogen (secondary N) is 1. The number of hydrogen-bond donors (Lipinski definition) is 1. The fourth-order valence-electron chi connectivity index (χ4n) is 2.18. The van der Waals surface area contributed by atoms with Crippen molar-refractivity contribution < 1.29 is 4.74 Å². The summed E-state index contributed by atoms with van der Waals surface area (Å²) in [7, 11) is 0. The first-order valence-corrected chi connectivity index (χ1v) is 6.50. The number of rotatable bonds is 6. The summed E-state index contributed by atoms with van der Waals surface area (Å²) in [5.74, 6) is 0. The molecule has 0 radical (unpaired) electrons. The van der Waals surface area contributed by atoms with Crippen molar-refractivity contribution in [3.05, 3.63) is 42.2 Å². The van der Waals surface area contributed by atoms with Crippen LogP contribution >= 0.6 is 0 Å². The Labute approximate surface area is 108 Å². The maximum absolute atomic E-state index is 5.57. The highest BCUT2D eigenvalue weighted by atomic mass is 16.5. The minimum absolute atomic E-state index is 0.225. The summed E-state index contributed by atoms with van der Waals surface area (Å²) >= 11 is 0. The third kappa shape index (κ3) is 2.86. The fourth-order valence-corrected chi connectivity index (χ4v) is 2.18. The molecule has 0 bridgehead atoms. The molecule has 2 aromatic rings. The Morgan fingerprint density at radius 1 is 1.28 bits per heavy atom. The summed E-state index contributed by atoms with van der Waals surface area (Å²) in [6.07, 6.45) is 3.76. The lowest BCUT2D eigenvalue weighted by molar-refractivity contribution is 0.124. The predicted octanol–water partition coefficient (Wildman–Crippen LogP) is 2.92. The number of likely N-dealkylation sites (N-methyl/N-ethyl adjacent to an activating group) is 1. The molecule has 3 nitrogen and oxygen atoms in total. The van der Waals surface area contributed by atoms with Crippen molar-refractivity contribution in [2.75, 3.05) is 19.8 Å². The standard InChI is InChI=1S/C15H20N2O/c1-3-17-15(11-18-4-2)13-7-5-6-12-8-9-16-10-14(12)13/h5-10,15,17H,3-4,11H2,1-2H3. The molecule has 1 aromatic heterocycles. The first kappa shape index (κ1) is 13.0. The van der Waals surface area contributed by atoms with E-state index in [1.165, 1.54) is 16.3 Å². The highest BCUT2D eigenvalue weighted by Gasteiger charge is 2.13. The first-order valence-electron chi connectivity index (χ1n) is 6.50. The van der Waals surface area contributed by atoms with Gasteiger partial charge in [-0.25, -0.2) is 0 Å². The number of benzene rings is 1. The van der Waals surface area contributed by atoms with Crippen molar-refractivity contribution in [3.8, 4) is 0 Å². The summed E-state index contributed by atoms with van der Waals surface area (Å²) in [4.78, 5) is 4.23. The van der Waals surface area contributed by atoms with E-state index in [1.807, 2.05) is 25.4 Å². The van der Waals surface area contributed by atoms with E-state index in [0.29, 0.717) is 6.61 Å². The van der Waals surface area contributed by atoms with Crippen molar-refractivity contribution >= 4 is 10.8 Å². The monoisotopic (exact) mass is 244 g/mol. The molecule has 1 atom stereocenters. The Balaban J connectivity index is 2.36. The van der Waals surface area contributed by atoms with Crippen LogP contribution < -0.4 is 5.32 Å². The molecule has 0 aliphatic carbocycles. The Kier molecular flexibility index (Phi) is 4.67. The Bertz CT molecular complexity index is 493. The molecule has 0 saturated carbocycles. The van der Waals surface area contributed by atoms with Crippen LogP contribution in [0.2, 0.25) is 0 Å². The van der Waals surface area contributed by atoms with Gasteiger partial charge in [-0.2, -0.15) is 0 Å². The zero-order valence-corrected chi connectivity index (χ0v) is 11.0. The molecule has 0 aliphatic rings. The van der Waals surface area contributed by atoms with Crippen molar-refractivity contribution in [3.63, 3.8) is 0 Å². The molecular weight excluding hydrogens is 224 g/mol. The second-order valence-electron chi connectivity index (χ2n) is 4.21. The maximum Gasteiger partial charge on any atom is 0.0661 e. The van der Waals surface area contributed by atoms with Gasteiger partial charge in [-0.05, 0) is 30.5 Å². The van der Waals surface area contributed by atoms with Gasteiger partial charge in [0.1, 0.15) is 0 Å². The van der Waals surface area contributed by atoms with E-state index in [2.05, 4.69) is 35.4 Å². The van der Waals surface area contributed by atoms with Crippen molar-refractivity contribution in [1.82, 2.24) is 10.3 Å². The molecule has 0 spiro atoms. The fraction of sp³-hybridized carbons (Fsp3) is 0.400. The molecule has 96 valence electrons. The molecule has 0 amide bonds. The molecule has 0 aliphatic heterocycles. The third-order valence-corrected chi connectivity index (χ3v) is 3.03. The molecule has 1 heterocycles. The lowest BCUT2D eigenvalue weighted by atomic mass is 10.0. The number of ether oxygens (including phenoxy) is 1. The average molecular weight is 244 g/mol. The van der Waals surface area contributed by atoms with Crippen LogP contribution in [0.25, 0.3) is 10.8 Å². The molecule has 0 saturated heterocycles. The van der Waals surface area contributed by atoms with Gasteiger partial charge in [-0.15, -0.1) is 0 Å². The van der Waals surface area contributed by atoms with E-state index >= 15 is 0 Å². The zero-order chi connectivity index (χ0) is 12.8. The molecule has 1 N–H and O–H groups in total. The van der Waals surface area contributed by atoms with Gasteiger partial charge in [-0.3, -0.25) is 4.98 Å². The van der Waals surface area contributed by atoms with Crippen LogP contribution in [0.4, 0.5) is 0 Å². The van der Waals surface area contributed by atoms with Gasteiger partial charge in [0.15, 0.2) is 0 Å². The average Bonchev–Trinajstić information content (AvgIpc) is 2.43. The van der Waals surface area contributed by atoms with Gasteiger partial charge in [0.25, 0.3) is 0 Å². The van der Waals surface area contributed by atoms with Gasteiger partial charge in [0, 0.05) is 24.4 Å². The quantitative estimate of drug-likeness (QED) is 0.848. The Hall–Kier alpha value is -1.45. The summed E-state index contributed by atoms with van der Waals surface area (Å²) in [6, 6.07) is 8.62. The molecular formula is C15H20N2O. The van der Waals surface area contributed by atoms with Gasteiger partial charge < -0.3 is 10.1 Å². The number of nitrogens with zero attached hydrogens (tertiary/aromatic N) is 1. The molecule has 0 fully saturated rings. The molecule has 1 unspecified atom stereocenters. The predicted molar refractivity (Wildman–Crippen MR) is 74.7 cm³/mol. The number of hydrogen-bond acceptors (Lipinski definition) is 3. The first-order chi connectivity index (χ1) is 8.86. The molecule has 3 heteroatoms. The van der Waals surface area contributed by atoms with E-state index < -0.39 is 0 Å². The highest BCUT2D eigenvalue weighted by molar-refractivity contribution is 5.85. The van der Waals surface area contributed by atoms with E-state index in [4.69, 9.17) is 4.74 Å². The Morgan fingerprint density at radius 3 is 2.94 bits per heavy atom. The second-order valence-corrected chi connectivity index (χ2v) is 4.21. The van der Waals surface area contributed by atoms with Crippen LogP contribution in [0.5, 0.6) is 0 Å². The van der Waals surface area contributed by atoms with Crippen molar-refractivity contribution in [1.29, 1.82) is 0 Å². The van der Waals surface area contributed by atoms with E-state index in [0.717, 1.165) is 13.2 Å². The summed E-state index contributed by atoms with van der Waals surface area (Å²) in [6.45, 7) is 6.49. The minimum atomic E-state index is 0.225.